The van der Waals surface area contributed by atoms with Crippen LogP contribution in [0.1, 0.15) is 35.6 Å². The number of ether oxygens (including phenoxy) is 1. The van der Waals surface area contributed by atoms with E-state index in [-0.39, 0.29) is 11.7 Å². The molecule has 0 amide bonds. The van der Waals surface area contributed by atoms with Crippen molar-refractivity contribution in [3.8, 4) is 0 Å². The van der Waals surface area contributed by atoms with Crippen molar-refractivity contribution in [3.63, 3.8) is 0 Å². The summed E-state index contributed by atoms with van der Waals surface area (Å²) in [5.74, 6) is 0. The van der Waals surface area contributed by atoms with E-state index in [2.05, 4.69) is 29.6 Å². The van der Waals surface area contributed by atoms with Crippen LogP contribution in [0.5, 0.6) is 0 Å². The minimum atomic E-state index is -0.179. The molecule has 0 aromatic heterocycles. The SMILES string of the molecule is Clc1cc(Cl)cc(C2OC3(CCNCC3)c3ccccc32)c1. The second-order valence-corrected chi connectivity index (χ2v) is 6.91. The fourth-order valence-corrected chi connectivity index (χ4v) is 4.23. The number of halogens is 2. The fourth-order valence-electron chi connectivity index (χ4n) is 3.69. The molecule has 22 heavy (non-hydrogen) atoms. The topological polar surface area (TPSA) is 21.3 Å². The molecule has 1 spiro atoms. The summed E-state index contributed by atoms with van der Waals surface area (Å²) in [5, 5.41) is 4.71. The van der Waals surface area contributed by atoms with Crippen LogP contribution in [0.3, 0.4) is 0 Å². The molecule has 0 aliphatic carbocycles. The second kappa shape index (κ2) is 5.54. The molecule has 4 heteroatoms. The molecule has 2 nitrogen and oxygen atoms in total. The van der Waals surface area contributed by atoms with Crippen LogP contribution in [0.15, 0.2) is 42.5 Å². The average molecular weight is 334 g/mol. The Kier molecular flexibility index (Phi) is 3.66. The van der Waals surface area contributed by atoms with Gasteiger partial charge in [-0.2, -0.15) is 0 Å². The minimum Gasteiger partial charge on any atom is -0.358 e. The molecule has 2 aromatic rings. The van der Waals surface area contributed by atoms with Gasteiger partial charge in [-0.3, -0.25) is 0 Å². The molecule has 1 N–H and O–H groups in total. The van der Waals surface area contributed by atoms with Gasteiger partial charge in [0.25, 0.3) is 0 Å². The third-order valence-corrected chi connectivity index (χ3v) is 5.11. The van der Waals surface area contributed by atoms with E-state index in [1.54, 1.807) is 6.07 Å². The summed E-state index contributed by atoms with van der Waals surface area (Å²) in [7, 11) is 0. The standard InChI is InChI=1S/C18H17Cl2NO/c19-13-9-12(10-14(20)11-13)17-15-3-1-2-4-16(15)18(22-17)5-7-21-8-6-18/h1-4,9-11,17,21H,5-8H2. The molecule has 1 atom stereocenters. The number of fused-ring (bicyclic) bond motifs is 2. The highest BCUT2D eigenvalue weighted by Gasteiger charge is 2.45. The van der Waals surface area contributed by atoms with E-state index < -0.39 is 0 Å². The van der Waals surface area contributed by atoms with E-state index in [1.165, 1.54) is 11.1 Å². The lowest BCUT2D eigenvalue weighted by Crippen LogP contribution is -2.39. The van der Waals surface area contributed by atoms with E-state index >= 15 is 0 Å². The molecule has 4 rings (SSSR count). The Morgan fingerprint density at radius 1 is 1.00 bits per heavy atom. The number of piperidine rings is 1. The number of rotatable bonds is 1. The molecule has 1 fully saturated rings. The largest absolute Gasteiger partial charge is 0.358 e. The maximum atomic E-state index is 6.60. The zero-order chi connectivity index (χ0) is 15.2. The molecule has 0 bridgehead atoms. The van der Waals surface area contributed by atoms with Crippen LogP contribution in [-0.4, -0.2) is 13.1 Å². The van der Waals surface area contributed by atoms with Crippen LogP contribution >= 0.6 is 23.2 Å². The van der Waals surface area contributed by atoms with Gasteiger partial charge in [-0.1, -0.05) is 47.5 Å². The Balaban J connectivity index is 1.82. The third-order valence-electron chi connectivity index (χ3n) is 4.68. The predicted molar refractivity (Wildman–Crippen MR) is 89.6 cm³/mol. The molecule has 0 radical (unpaired) electrons. The highest BCUT2D eigenvalue weighted by atomic mass is 35.5. The summed E-state index contributed by atoms with van der Waals surface area (Å²) in [6.07, 6.45) is 1.90. The van der Waals surface area contributed by atoms with Gasteiger partial charge in [0.2, 0.25) is 0 Å². The first-order chi connectivity index (χ1) is 10.7. The lowest BCUT2D eigenvalue weighted by Gasteiger charge is -2.34. The lowest BCUT2D eigenvalue weighted by atomic mass is 9.84. The van der Waals surface area contributed by atoms with Crippen LogP contribution in [0.2, 0.25) is 10.0 Å². The van der Waals surface area contributed by atoms with Gasteiger partial charge in [0.1, 0.15) is 6.10 Å². The van der Waals surface area contributed by atoms with Crippen molar-refractivity contribution in [2.24, 2.45) is 0 Å². The normalized spacial score (nSPS) is 22.7. The van der Waals surface area contributed by atoms with Crippen LogP contribution < -0.4 is 5.32 Å². The van der Waals surface area contributed by atoms with E-state index in [0.717, 1.165) is 31.5 Å². The fraction of sp³-hybridized carbons (Fsp3) is 0.333. The van der Waals surface area contributed by atoms with Gasteiger partial charge in [0.05, 0.1) is 5.60 Å². The molecule has 2 aliphatic heterocycles. The Hall–Kier alpha value is -1.06. The summed E-state index contributed by atoms with van der Waals surface area (Å²) in [6, 6.07) is 14.2. The van der Waals surface area contributed by atoms with E-state index in [1.807, 2.05) is 12.1 Å². The van der Waals surface area contributed by atoms with E-state index in [9.17, 15) is 0 Å². The van der Waals surface area contributed by atoms with Crippen LogP contribution in [-0.2, 0) is 10.3 Å². The zero-order valence-corrected chi connectivity index (χ0v) is 13.6. The number of hydrogen-bond donors (Lipinski definition) is 1. The summed E-state index contributed by atoms with van der Waals surface area (Å²) >= 11 is 12.4. The van der Waals surface area contributed by atoms with Gasteiger partial charge in [-0.05, 0) is 60.8 Å². The van der Waals surface area contributed by atoms with Crippen molar-refractivity contribution in [3.05, 3.63) is 69.2 Å². The molecule has 1 unspecified atom stereocenters. The Bertz CT molecular complexity index is 690. The van der Waals surface area contributed by atoms with Crippen molar-refractivity contribution in [2.45, 2.75) is 24.5 Å². The molecule has 114 valence electrons. The van der Waals surface area contributed by atoms with Crippen molar-refractivity contribution >= 4 is 23.2 Å². The summed E-state index contributed by atoms with van der Waals surface area (Å²) in [5.41, 5.74) is 3.40. The first kappa shape index (κ1) is 14.5. The maximum absolute atomic E-state index is 6.60. The first-order valence-electron chi connectivity index (χ1n) is 7.62. The molecule has 2 heterocycles. The predicted octanol–water partition coefficient (Wildman–Crippen LogP) is 4.69. The van der Waals surface area contributed by atoms with Gasteiger partial charge in [0.15, 0.2) is 0 Å². The molecule has 0 saturated carbocycles. The van der Waals surface area contributed by atoms with Gasteiger partial charge in [-0.25, -0.2) is 0 Å². The lowest BCUT2D eigenvalue weighted by molar-refractivity contribution is -0.0798. The maximum Gasteiger partial charge on any atom is 0.109 e. The highest BCUT2D eigenvalue weighted by Crippen LogP contribution is 2.50. The summed E-state index contributed by atoms with van der Waals surface area (Å²) in [4.78, 5) is 0. The molecule has 2 aromatic carbocycles. The van der Waals surface area contributed by atoms with Crippen molar-refractivity contribution in [1.29, 1.82) is 0 Å². The molecular formula is C18H17Cl2NO. The van der Waals surface area contributed by atoms with Gasteiger partial charge in [0, 0.05) is 10.0 Å². The van der Waals surface area contributed by atoms with E-state index in [0.29, 0.717) is 10.0 Å². The number of nitrogens with one attached hydrogen (secondary N) is 1. The number of hydrogen-bond acceptors (Lipinski definition) is 2. The monoisotopic (exact) mass is 333 g/mol. The zero-order valence-electron chi connectivity index (χ0n) is 12.1. The molecule has 2 aliphatic rings. The van der Waals surface area contributed by atoms with Crippen molar-refractivity contribution in [2.75, 3.05) is 13.1 Å². The molecular weight excluding hydrogens is 317 g/mol. The van der Waals surface area contributed by atoms with Gasteiger partial charge in [-0.15, -0.1) is 0 Å². The van der Waals surface area contributed by atoms with Crippen LogP contribution in [0, 0.1) is 0 Å². The third kappa shape index (κ3) is 2.35. The summed E-state index contributed by atoms with van der Waals surface area (Å²) in [6.45, 7) is 1.97. The van der Waals surface area contributed by atoms with Crippen molar-refractivity contribution in [1.82, 2.24) is 5.32 Å². The Morgan fingerprint density at radius 3 is 2.41 bits per heavy atom. The van der Waals surface area contributed by atoms with E-state index in [4.69, 9.17) is 27.9 Å². The van der Waals surface area contributed by atoms with Crippen LogP contribution in [0.4, 0.5) is 0 Å². The average Bonchev–Trinajstić information content (AvgIpc) is 2.82. The Labute approximate surface area is 140 Å². The quantitative estimate of drug-likeness (QED) is 0.817. The Morgan fingerprint density at radius 2 is 1.68 bits per heavy atom. The first-order valence-corrected chi connectivity index (χ1v) is 8.37. The number of benzene rings is 2. The van der Waals surface area contributed by atoms with Gasteiger partial charge >= 0.3 is 0 Å². The smallest absolute Gasteiger partial charge is 0.109 e. The summed E-state index contributed by atoms with van der Waals surface area (Å²) < 4.78 is 6.60. The highest BCUT2D eigenvalue weighted by molar-refractivity contribution is 6.34. The second-order valence-electron chi connectivity index (χ2n) is 6.03. The van der Waals surface area contributed by atoms with Crippen LogP contribution in [0.25, 0.3) is 0 Å². The molecule has 1 saturated heterocycles. The minimum absolute atomic E-state index is 0.0921. The van der Waals surface area contributed by atoms with Gasteiger partial charge < -0.3 is 10.1 Å². The van der Waals surface area contributed by atoms with Crippen molar-refractivity contribution < 1.29 is 4.74 Å².